The minimum Gasteiger partial charge on any atom is -0.497 e. The van der Waals surface area contributed by atoms with Gasteiger partial charge < -0.3 is 10.1 Å². The molecule has 0 radical (unpaired) electrons. The Balaban J connectivity index is 1.90. The molecule has 0 amide bonds. The Kier molecular flexibility index (Phi) is 5.60. The Bertz CT molecular complexity index is 982. The highest BCUT2D eigenvalue weighted by Crippen LogP contribution is 2.42. The van der Waals surface area contributed by atoms with E-state index in [0.717, 1.165) is 37.7 Å². The number of nitro benzene ring substituents is 1. The number of rotatable bonds is 7. The maximum absolute atomic E-state index is 12.0. The number of anilines is 1. The van der Waals surface area contributed by atoms with Gasteiger partial charge in [-0.15, -0.1) is 0 Å². The lowest BCUT2D eigenvalue weighted by Gasteiger charge is -2.31. The Labute approximate surface area is 164 Å². The molecule has 28 heavy (non-hydrogen) atoms. The minimum absolute atomic E-state index is 0.0818. The zero-order chi connectivity index (χ0) is 20.4. The Morgan fingerprint density at radius 3 is 2.50 bits per heavy atom. The van der Waals surface area contributed by atoms with E-state index in [1.165, 1.54) is 17.7 Å². The van der Waals surface area contributed by atoms with Crippen LogP contribution in [0.1, 0.15) is 31.2 Å². The summed E-state index contributed by atoms with van der Waals surface area (Å²) in [6.45, 7) is 0.612. The standard InChI is InChI=1S/C20H24N2O5S/c1-27-17-7-5-6-15(12-17)20(10-3-4-11-20)14-21-16-8-9-18(22(23)24)19(13-16)28(2,25)26/h5-9,12-13,21H,3-4,10-11,14H2,1-2H3. The highest BCUT2D eigenvalue weighted by atomic mass is 32.2. The van der Waals surface area contributed by atoms with E-state index < -0.39 is 20.4 Å². The molecule has 2 aromatic carbocycles. The minimum atomic E-state index is -3.71. The van der Waals surface area contributed by atoms with Crippen molar-refractivity contribution in [3.05, 3.63) is 58.1 Å². The van der Waals surface area contributed by atoms with E-state index in [2.05, 4.69) is 11.4 Å². The average molecular weight is 404 g/mol. The SMILES string of the molecule is COc1cccc(C2(CNc3ccc([N+](=O)[O-])c(S(C)(=O)=O)c3)CCCC2)c1. The lowest BCUT2D eigenvalue weighted by Crippen LogP contribution is -2.31. The second kappa shape index (κ2) is 7.79. The van der Waals surface area contributed by atoms with Crippen LogP contribution in [-0.4, -0.2) is 33.3 Å². The van der Waals surface area contributed by atoms with E-state index >= 15 is 0 Å². The summed E-state index contributed by atoms with van der Waals surface area (Å²) in [5, 5.41) is 14.5. The predicted molar refractivity (Wildman–Crippen MR) is 108 cm³/mol. The van der Waals surface area contributed by atoms with E-state index in [-0.39, 0.29) is 10.3 Å². The van der Waals surface area contributed by atoms with Gasteiger partial charge in [-0.1, -0.05) is 25.0 Å². The molecule has 1 N–H and O–H groups in total. The molecule has 1 saturated carbocycles. The van der Waals surface area contributed by atoms with E-state index in [1.54, 1.807) is 13.2 Å². The van der Waals surface area contributed by atoms with Gasteiger partial charge in [-0.05, 0) is 42.7 Å². The van der Waals surface area contributed by atoms with Crippen molar-refractivity contribution in [2.45, 2.75) is 36.0 Å². The maximum Gasteiger partial charge on any atom is 0.288 e. The molecule has 0 heterocycles. The summed E-state index contributed by atoms with van der Waals surface area (Å²) >= 11 is 0. The second-order valence-corrected chi connectivity index (χ2v) is 9.27. The van der Waals surface area contributed by atoms with Crippen LogP contribution in [0.15, 0.2) is 47.4 Å². The first-order valence-electron chi connectivity index (χ1n) is 9.12. The molecule has 1 fully saturated rings. The number of nitrogens with one attached hydrogen (secondary N) is 1. The van der Waals surface area contributed by atoms with Crippen LogP contribution in [-0.2, 0) is 15.3 Å². The summed E-state index contributed by atoms with van der Waals surface area (Å²) in [6, 6.07) is 12.2. The van der Waals surface area contributed by atoms with Crippen LogP contribution < -0.4 is 10.1 Å². The van der Waals surface area contributed by atoms with Gasteiger partial charge in [0.2, 0.25) is 0 Å². The topological polar surface area (TPSA) is 98.5 Å². The fraction of sp³-hybridized carbons (Fsp3) is 0.400. The summed E-state index contributed by atoms with van der Waals surface area (Å²) in [5.41, 5.74) is 1.25. The molecule has 2 aromatic rings. The van der Waals surface area contributed by atoms with Gasteiger partial charge in [0.05, 0.1) is 12.0 Å². The quantitative estimate of drug-likeness (QED) is 0.554. The molecular weight excluding hydrogens is 380 g/mol. The molecule has 0 unspecified atom stereocenters. The van der Waals surface area contributed by atoms with E-state index in [9.17, 15) is 18.5 Å². The normalized spacial score (nSPS) is 15.9. The number of ether oxygens (including phenoxy) is 1. The van der Waals surface area contributed by atoms with Crippen LogP contribution in [0.4, 0.5) is 11.4 Å². The van der Waals surface area contributed by atoms with E-state index in [1.807, 2.05) is 18.2 Å². The van der Waals surface area contributed by atoms with Crippen molar-refractivity contribution in [2.24, 2.45) is 0 Å². The zero-order valence-electron chi connectivity index (χ0n) is 16.0. The first-order chi connectivity index (χ1) is 13.2. The van der Waals surface area contributed by atoms with Crippen LogP contribution in [0, 0.1) is 10.1 Å². The van der Waals surface area contributed by atoms with Gasteiger partial charge in [0, 0.05) is 30.0 Å². The molecule has 0 aliphatic heterocycles. The monoisotopic (exact) mass is 404 g/mol. The van der Waals surface area contributed by atoms with Crippen molar-refractivity contribution < 1.29 is 18.1 Å². The fourth-order valence-corrected chi connectivity index (χ4v) is 4.78. The molecule has 7 nitrogen and oxygen atoms in total. The Morgan fingerprint density at radius 2 is 1.89 bits per heavy atom. The summed E-state index contributed by atoms with van der Waals surface area (Å²) in [5.74, 6) is 0.804. The van der Waals surface area contributed by atoms with Crippen molar-refractivity contribution in [1.29, 1.82) is 0 Å². The van der Waals surface area contributed by atoms with Crippen molar-refractivity contribution in [3.8, 4) is 5.75 Å². The van der Waals surface area contributed by atoms with Crippen LogP contribution in [0.2, 0.25) is 0 Å². The summed E-state index contributed by atoms with van der Waals surface area (Å²) in [6.07, 6.45) is 5.24. The number of methoxy groups -OCH3 is 1. The number of nitro groups is 1. The molecular formula is C20H24N2O5S. The average Bonchev–Trinajstić information content (AvgIpc) is 3.15. The van der Waals surface area contributed by atoms with Crippen molar-refractivity contribution in [2.75, 3.05) is 25.2 Å². The third kappa shape index (κ3) is 4.11. The van der Waals surface area contributed by atoms with Crippen LogP contribution in [0.25, 0.3) is 0 Å². The molecule has 150 valence electrons. The van der Waals surface area contributed by atoms with Gasteiger partial charge in [0.15, 0.2) is 9.84 Å². The van der Waals surface area contributed by atoms with Crippen molar-refractivity contribution in [1.82, 2.24) is 0 Å². The lowest BCUT2D eigenvalue weighted by molar-refractivity contribution is -0.387. The number of sulfone groups is 1. The highest BCUT2D eigenvalue weighted by Gasteiger charge is 2.36. The maximum atomic E-state index is 12.0. The first kappa shape index (κ1) is 20.1. The van der Waals surface area contributed by atoms with E-state index in [4.69, 9.17) is 4.74 Å². The second-order valence-electron chi connectivity index (χ2n) is 7.28. The van der Waals surface area contributed by atoms with Crippen molar-refractivity contribution in [3.63, 3.8) is 0 Å². The smallest absolute Gasteiger partial charge is 0.288 e. The number of nitrogens with zero attached hydrogens (tertiary/aromatic N) is 1. The summed E-state index contributed by atoms with van der Waals surface area (Å²) < 4.78 is 29.3. The molecule has 0 atom stereocenters. The third-order valence-corrected chi connectivity index (χ3v) is 6.56. The van der Waals surface area contributed by atoms with Crippen LogP contribution in [0.3, 0.4) is 0 Å². The molecule has 0 spiro atoms. The molecule has 1 aliphatic rings. The highest BCUT2D eigenvalue weighted by molar-refractivity contribution is 7.90. The Hall–Kier alpha value is -2.61. The summed E-state index contributed by atoms with van der Waals surface area (Å²) in [4.78, 5) is 10.2. The summed E-state index contributed by atoms with van der Waals surface area (Å²) in [7, 11) is -2.07. The van der Waals surface area contributed by atoms with Gasteiger partial charge in [-0.25, -0.2) is 8.42 Å². The molecule has 0 bridgehead atoms. The molecule has 1 aliphatic carbocycles. The number of hydrogen-bond acceptors (Lipinski definition) is 6. The van der Waals surface area contributed by atoms with Gasteiger partial charge >= 0.3 is 0 Å². The van der Waals surface area contributed by atoms with Gasteiger partial charge in [0.25, 0.3) is 5.69 Å². The Morgan fingerprint density at radius 1 is 1.18 bits per heavy atom. The predicted octanol–water partition coefficient (Wildman–Crippen LogP) is 3.93. The first-order valence-corrected chi connectivity index (χ1v) is 11.0. The van der Waals surface area contributed by atoms with Crippen LogP contribution >= 0.6 is 0 Å². The zero-order valence-corrected chi connectivity index (χ0v) is 16.8. The largest absolute Gasteiger partial charge is 0.497 e. The van der Waals surface area contributed by atoms with Crippen molar-refractivity contribution >= 4 is 21.2 Å². The molecule has 0 saturated heterocycles. The number of hydrogen-bond donors (Lipinski definition) is 1. The third-order valence-electron chi connectivity index (χ3n) is 5.43. The van der Waals surface area contributed by atoms with Crippen LogP contribution in [0.5, 0.6) is 5.75 Å². The van der Waals surface area contributed by atoms with E-state index in [0.29, 0.717) is 12.2 Å². The van der Waals surface area contributed by atoms with Gasteiger partial charge in [-0.2, -0.15) is 0 Å². The number of benzene rings is 2. The molecule has 3 rings (SSSR count). The molecule has 8 heteroatoms. The lowest BCUT2D eigenvalue weighted by atomic mass is 9.78. The van der Waals surface area contributed by atoms with Gasteiger partial charge in [-0.3, -0.25) is 10.1 Å². The fourth-order valence-electron chi connectivity index (χ4n) is 3.92. The van der Waals surface area contributed by atoms with Gasteiger partial charge in [0.1, 0.15) is 10.6 Å². The molecule has 0 aromatic heterocycles.